The summed E-state index contributed by atoms with van der Waals surface area (Å²) in [7, 11) is 0. The molecule has 0 N–H and O–H groups in total. The second kappa shape index (κ2) is 11.2. The zero-order chi connectivity index (χ0) is 22.3. The average molecular weight is 466 g/mol. The van der Waals surface area contributed by atoms with Gasteiger partial charge in [-0.25, -0.2) is 4.98 Å². The van der Waals surface area contributed by atoms with Crippen molar-refractivity contribution in [1.29, 1.82) is 0 Å². The molecule has 1 amide bonds. The van der Waals surface area contributed by atoms with E-state index in [1.54, 1.807) is 11.8 Å². The van der Waals surface area contributed by atoms with Crippen molar-refractivity contribution in [2.75, 3.05) is 50.9 Å². The van der Waals surface area contributed by atoms with Gasteiger partial charge >= 0.3 is 5.97 Å². The van der Waals surface area contributed by atoms with Crippen LogP contribution < -0.4 is 4.90 Å². The number of ether oxygens (including phenoxy) is 2. The third kappa shape index (κ3) is 6.58. The van der Waals surface area contributed by atoms with Crippen LogP contribution in [0.1, 0.15) is 49.0 Å². The first-order chi connectivity index (χ1) is 14.9. The van der Waals surface area contributed by atoms with Crippen LogP contribution in [-0.4, -0.2) is 67.8 Å². The van der Waals surface area contributed by atoms with E-state index >= 15 is 0 Å². The van der Waals surface area contributed by atoms with E-state index < -0.39 is 5.41 Å². The number of nitrogens with zero attached hydrogens (tertiary/aromatic N) is 3. The highest BCUT2D eigenvalue weighted by Gasteiger charge is 2.30. The molecule has 3 rings (SSSR count). The molecule has 2 aromatic heterocycles. The Hall–Kier alpha value is -1.81. The quantitative estimate of drug-likeness (QED) is 0.497. The summed E-state index contributed by atoms with van der Waals surface area (Å²) >= 11 is 2.89. The summed E-state index contributed by atoms with van der Waals surface area (Å²) in [5.41, 5.74) is 0.338. The Balaban J connectivity index is 1.72. The summed E-state index contributed by atoms with van der Waals surface area (Å²) < 4.78 is 10.5. The van der Waals surface area contributed by atoms with E-state index in [0.29, 0.717) is 23.2 Å². The van der Waals surface area contributed by atoms with Crippen LogP contribution in [0.25, 0.3) is 0 Å². The largest absolute Gasteiger partial charge is 0.466 e. The SMILES string of the molecule is CCOC(=O)CC(C)(C)c1csc(N(CCCN2CCOCC2)C(=O)c2cccs2)n1. The molecule has 0 unspecified atom stereocenters. The van der Waals surface area contributed by atoms with Gasteiger partial charge in [0, 0.05) is 37.0 Å². The summed E-state index contributed by atoms with van der Waals surface area (Å²) in [6, 6.07) is 3.74. The molecule has 2 aromatic rings. The first-order valence-corrected chi connectivity index (χ1v) is 12.4. The lowest BCUT2D eigenvalue weighted by atomic mass is 9.86. The number of morpholine rings is 1. The van der Waals surface area contributed by atoms with E-state index in [9.17, 15) is 9.59 Å². The number of esters is 1. The van der Waals surface area contributed by atoms with Gasteiger partial charge in [0.15, 0.2) is 5.13 Å². The standard InChI is InChI=1S/C22H31N3O4S2/c1-4-29-19(26)15-22(2,3)18-16-31-21(23-18)25(20(27)17-7-5-14-30-17)9-6-8-24-10-12-28-13-11-24/h5,7,14,16H,4,6,8-13,15H2,1-3H3. The molecule has 0 saturated carbocycles. The van der Waals surface area contributed by atoms with Crippen LogP contribution >= 0.6 is 22.7 Å². The van der Waals surface area contributed by atoms with Gasteiger partial charge in [-0.1, -0.05) is 19.9 Å². The third-order valence-electron chi connectivity index (χ3n) is 5.24. The molecular formula is C22H31N3O4S2. The summed E-state index contributed by atoms with van der Waals surface area (Å²) in [5.74, 6) is -0.264. The molecule has 31 heavy (non-hydrogen) atoms. The number of amides is 1. The molecule has 7 nitrogen and oxygen atoms in total. The first-order valence-electron chi connectivity index (χ1n) is 10.7. The topological polar surface area (TPSA) is 72.0 Å². The van der Waals surface area contributed by atoms with Crippen molar-refractivity contribution in [2.24, 2.45) is 0 Å². The van der Waals surface area contributed by atoms with Gasteiger partial charge in [0.25, 0.3) is 5.91 Å². The van der Waals surface area contributed by atoms with Gasteiger partial charge in [-0.3, -0.25) is 19.4 Å². The van der Waals surface area contributed by atoms with Crippen LogP contribution in [0.5, 0.6) is 0 Å². The van der Waals surface area contributed by atoms with Crippen molar-refractivity contribution in [3.05, 3.63) is 33.5 Å². The molecule has 1 aliphatic rings. The molecule has 0 aliphatic carbocycles. The lowest BCUT2D eigenvalue weighted by molar-refractivity contribution is -0.144. The molecule has 0 radical (unpaired) electrons. The van der Waals surface area contributed by atoms with Gasteiger partial charge in [-0.15, -0.1) is 22.7 Å². The maximum atomic E-state index is 13.2. The predicted octanol–water partition coefficient (Wildman–Crippen LogP) is 3.80. The van der Waals surface area contributed by atoms with Crippen molar-refractivity contribution in [2.45, 2.75) is 39.0 Å². The molecule has 0 atom stereocenters. The van der Waals surface area contributed by atoms with Gasteiger partial charge in [-0.05, 0) is 24.8 Å². The van der Waals surface area contributed by atoms with Crippen LogP contribution in [0.15, 0.2) is 22.9 Å². The van der Waals surface area contributed by atoms with Gasteiger partial charge in [0.05, 0.1) is 36.8 Å². The second-order valence-corrected chi connectivity index (χ2v) is 9.91. The van der Waals surface area contributed by atoms with Gasteiger partial charge in [-0.2, -0.15) is 0 Å². The number of carbonyl (C=O) groups is 2. The van der Waals surface area contributed by atoms with Crippen molar-refractivity contribution in [3.63, 3.8) is 0 Å². The summed E-state index contributed by atoms with van der Waals surface area (Å²) in [4.78, 5) is 34.8. The zero-order valence-corrected chi connectivity index (χ0v) is 20.1. The molecular weight excluding hydrogens is 434 g/mol. The number of thiophene rings is 1. The fourth-order valence-electron chi connectivity index (χ4n) is 3.46. The maximum Gasteiger partial charge on any atom is 0.306 e. The average Bonchev–Trinajstić information content (AvgIpc) is 3.44. The number of hydrogen-bond acceptors (Lipinski definition) is 8. The normalized spacial score (nSPS) is 15.1. The Kier molecular flexibility index (Phi) is 8.59. The van der Waals surface area contributed by atoms with Crippen LogP contribution in [0.4, 0.5) is 5.13 Å². The maximum absolute atomic E-state index is 13.2. The zero-order valence-electron chi connectivity index (χ0n) is 18.5. The summed E-state index contributed by atoms with van der Waals surface area (Å²) in [6.07, 6.45) is 1.11. The Labute approximate surface area is 192 Å². The van der Waals surface area contributed by atoms with Gasteiger partial charge < -0.3 is 9.47 Å². The number of carbonyl (C=O) groups excluding carboxylic acids is 2. The van der Waals surface area contributed by atoms with E-state index in [2.05, 4.69) is 4.90 Å². The van der Waals surface area contributed by atoms with E-state index in [1.807, 2.05) is 36.7 Å². The number of aromatic nitrogens is 1. The number of hydrogen-bond donors (Lipinski definition) is 0. The molecule has 3 heterocycles. The molecule has 0 aromatic carbocycles. The van der Waals surface area contributed by atoms with Gasteiger partial charge in [0.2, 0.25) is 0 Å². The molecule has 0 spiro atoms. The lowest BCUT2D eigenvalue weighted by Crippen LogP contribution is -2.39. The van der Waals surface area contributed by atoms with E-state index in [-0.39, 0.29) is 18.3 Å². The third-order valence-corrected chi connectivity index (χ3v) is 6.97. The van der Waals surface area contributed by atoms with Crippen LogP contribution in [0.2, 0.25) is 0 Å². The number of anilines is 1. The van der Waals surface area contributed by atoms with Crippen LogP contribution in [0, 0.1) is 0 Å². The molecule has 1 saturated heterocycles. The fourth-order valence-corrected chi connectivity index (χ4v) is 5.17. The molecule has 9 heteroatoms. The molecule has 170 valence electrons. The van der Waals surface area contributed by atoms with Gasteiger partial charge in [0.1, 0.15) is 0 Å². The van der Waals surface area contributed by atoms with E-state index in [1.165, 1.54) is 22.7 Å². The number of rotatable bonds is 10. The van der Waals surface area contributed by atoms with Crippen molar-refractivity contribution in [1.82, 2.24) is 9.88 Å². The van der Waals surface area contributed by atoms with Crippen LogP contribution in [0.3, 0.4) is 0 Å². The highest BCUT2D eigenvalue weighted by Crippen LogP contribution is 2.33. The smallest absolute Gasteiger partial charge is 0.306 e. The minimum Gasteiger partial charge on any atom is -0.466 e. The van der Waals surface area contributed by atoms with E-state index in [4.69, 9.17) is 14.5 Å². The highest BCUT2D eigenvalue weighted by molar-refractivity contribution is 7.14. The van der Waals surface area contributed by atoms with Crippen molar-refractivity contribution < 1.29 is 19.1 Å². The Bertz CT molecular complexity index is 845. The minimum absolute atomic E-state index is 0.0268. The highest BCUT2D eigenvalue weighted by atomic mass is 32.1. The minimum atomic E-state index is -0.466. The van der Waals surface area contributed by atoms with Crippen molar-refractivity contribution >= 4 is 39.7 Å². The molecule has 1 fully saturated rings. The first kappa shape index (κ1) is 23.8. The summed E-state index contributed by atoms with van der Waals surface area (Å²) in [5, 5.41) is 4.53. The van der Waals surface area contributed by atoms with Crippen LogP contribution in [-0.2, 0) is 19.7 Å². The second-order valence-electron chi connectivity index (χ2n) is 8.12. The predicted molar refractivity (Wildman–Crippen MR) is 124 cm³/mol. The molecule has 0 bridgehead atoms. The Morgan fingerprint density at radius 2 is 2.06 bits per heavy atom. The fraction of sp³-hybridized carbons (Fsp3) is 0.591. The Morgan fingerprint density at radius 3 is 2.74 bits per heavy atom. The number of thiazole rings is 1. The monoisotopic (exact) mass is 465 g/mol. The Morgan fingerprint density at radius 1 is 1.29 bits per heavy atom. The van der Waals surface area contributed by atoms with E-state index in [0.717, 1.165) is 45.0 Å². The lowest BCUT2D eigenvalue weighted by Gasteiger charge is -2.27. The van der Waals surface area contributed by atoms with Crippen molar-refractivity contribution in [3.8, 4) is 0 Å². The summed E-state index contributed by atoms with van der Waals surface area (Å²) in [6.45, 7) is 11.0. The molecule has 1 aliphatic heterocycles.